The Hall–Kier alpha value is -1.71. The van der Waals surface area contributed by atoms with Crippen LogP contribution in [0.3, 0.4) is 0 Å². The summed E-state index contributed by atoms with van der Waals surface area (Å²) < 4.78 is 0. The zero-order chi connectivity index (χ0) is 11.5. The predicted octanol–water partition coefficient (Wildman–Crippen LogP) is 2.18. The van der Waals surface area contributed by atoms with E-state index in [2.05, 4.69) is 5.32 Å². The fourth-order valence-corrected chi connectivity index (χ4v) is 1.85. The number of carboxylic acids is 1. The average Bonchev–Trinajstić information content (AvgIpc) is 2.14. The van der Waals surface area contributed by atoms with Crippen LogP contribution in [0.15, 0.2) is 18.2 Å². The van der Waals surface area contributed by atoms with Crippen molar-refractivity contribution in [2.24, 2.45) is 5.92 Å². The van der Waals surface area contributed by atoms with E-state index in [1.807, 2.05) is 0 Å². The first-order valence-corrected chi connectivity index (χ1v) is 5.53. The number of carboxylic acid groups (broad SMARTS) is 1. The second-order valence-corrected chi connectivity index (χ2v) is 4.29. The summed E-state index contributed by atoms with van der Waals surface area (Å²) in [5, 5.41) is 12.2. The SMILES string of the molecule is Nc1ccc(C(=O)O)c(NCC2CCC2)c1. The molecule has 4 heteroatoms. The van der Waals surface area contributed by atoms with Gasteiger partial charge in [0.1, 0.15) is 0 Å². The van der Waals surface area contributed by atoms with Crippen LogP contribution in [0.1, 0.15) is 29.6 Å². The van der Waals surface area contributed by atoms with E-state index >= 15 is 0 Å². The van der Waals surface area contributed by atoms with Crippen LogP contribution in [-0.2, 0) is 0 Å². The van der Waals surface area contributed by atoms with Crippen LogP contribution in [0.4, 0.5) is 11.4 Å². The number of benzene rings is 1. The molecule has 1 aliphatic carbocycles. The molecule has 2 rings (SSSR count). The number of aromatic carboxylic acids is 1. The van der Waals surface area contributed by atoms with Gasteiger partial charge < -0.3 is 16.2 Å². The highest BCUT2D eigenvalue weighted by Crippen LogP contribution is 2.27. The number of hydrogen-bond acceptors (Lipinski definition) is 3. The lowest BCUT2D eigenvalue weighted by atomic mass is 9.85. The molecule has 16 heavy (non-hydrogen) atoms. The van der Waals surface area contributed by atoms with Gasteiger partial charge in [-0.2, -0.15) is 0 Å². The Morgan fingerprint density at radius 3 is 2.81 bits per heavy atom. The third kappa shape index (κ3) is 2.27. The molecule has 1 saturated carbocycles. The normalized spacial score (nSPS) is 15.5. The number of rotatable bonds is 4. The lowest BCUT2D eigenvalue weighted by Crippen LogP contribution is -2.21. The van der Waals surface area contributed by atoms with Gasteiger partial charge in [0, 0.05) is 12.2 Å². The Kier molecular flexibility index (Phi) is 2.99. The van der Waals surface area contributed by atoms with Crippen LogP contribution >= 0.6 is 0 Å². The molecule has 0 atom stereocenters. The Balaban J connectivity index is 2.09. The van der Waals surface area contributed by atoms with E-state index in [0.717, 1.165) is 6.54 Å². The molecule has 1 aromatic rings. The van der Waals surface area contributed by atoms with E-state index < -0.39 is 5.97 Å². The highest BCUT2D eigenvalue weighted by atomic mass is 16.4. The number of nitrogens with two attached hydrogens (primary N) is 1. The maximum Gasteiger partial charge on any atom is 0.337 e. The largest absolute Gasteiger partial charge is 0.478 e. The standard InChI is InChI=1S/C12H16N2O2/c13-9-4-5-10(12(15)16)11(6-9)14-7-8-2-1-3-8/h4-6,8,14H,1-3,7,13H2,(H,15,16). The van der Waals surface area contributed by atoms with Gasteiger partial charge in [-0.15, -0.1) is 0 Å². The van der Waals surface area contributed by atoms with Crippen LogP contribution < -0.4 is 11.1 Å². The molecule has 4 nitrogen and oxygen atoms in total. The van der Waals surface area contributed by atoms with Gasteiger partial charge >= 0.3 is 5.97 Å². The molecule has 0 aromatic heterocycles. The van der Waals surface area contributed by atoms with Gasteiger partial charge in [0.15, 0.2) is 0 Å². The molecule has 0 bridgehead atoms. The summed E-state index contributed by atoms with van der Waals surface area (Å²) in [5.41, 5.74) is 7.14. The van der Waals surface area contributed by atoms with Gasteiger partial charge in [-0.1, -0.05) is 6.42 Å². The molecule has 4 N–H and O–H groups in total. The Morgan fingerprint density at radius 1 is 1.50 bits per heavy atom. The third-order valence-electron chi connectivity index (χ3n) is 3.08. The van der Waals surface area contributed by atoms with Crippen LogP contribution in [0.5, 0.6) is 0 Å². The second kappa shape index (κ2) is 4.43. The van der Waals surface area contributed by atoms with Crippen molar-refractivity contribution in [2.45, 2.75) is 19.3 Å². The van der Waals surface area contributed by atoms with Gasteiger partial charge in [0.2, 0.25) is 0 Å². The zero-order valence-corrected chi connectivity index (χ0v) is 9.07. The van der Waals surface area contributed by atoms with E-state index in [0.29, 0.717) is 17.3 Å². The highest BCUT2D eigenvalue weighted by Gasteiger charge is 2.18. The van der Waals surface area contributed by atoms with E-state index in [1.165, 1.54) is 19.3 Å². The Labute approximate surface area is 94.5 Å². The quantitative estimate of drug-likeness (QED) is 0.680. The summed E-state index contributed by atoms with van der Waals surface area (Å²) in [6, 6.07) is 4.83. The van der Waals surface area contributed by atoms with Crippen molar-refractivity contribution < 1.29 is 9.90 Å². The first-order valence-electron chi connectivity index (χ1n) is 5.53. The lowest BCUT2D eigenvalue weighted by molar-refractivity contribution is 0.0698. The van der Waals surface area contributed by atoms with Crippen LogP contribution in [0.2, 0.25) is 0 Å². The van der Waals surface area contributed by atoms with Crippen molar-refractivity contribution in [2.75, 3.05) is 17.6 Å². The fraction of sp³-hybridized carbons (Fsp3) is 0.417. The summed E-state index contributed by atoms with van der Waals surface area (Å²) in [6.07, 6.45) is 3.75. The number of nitrogens with one attached hydrogen (secondary N) is 1. The van der Waals surface area contributed by atoms with E-state index in [1.54, 1.807) is 18.2 Å². The van der Waals surface area contributed by atoms with Crippen molar-refractivity contribution >= 4 is 17.3 Å². The molecule has 1 fully saturated rings. The molecular weight excluding hydrogens is 204 g/mol. The first-order chi connectivity index (χ1) is 7.66. The highest BCUT2D eigenvalue weighted by molar-refractivity contribution is 5.95. The summed E-state index contributed by atoms with van der Waals surface area (Å²) in [6.45, 7) is 0.837. The first kappa shape index (κ1) is 10.8. The monoisotopic (exact) mass is 220 g/mol. The number of nitrogen functional groups attached to an aromatic ring is 1. The molecular formula is C12H16N2O2. The summed E-state index contributed by atoms with van der Waals surface area (Å²) in [4.78, 5) is 11.0. The van der Waals surface area contributed by atoms with Gasteiger partial charge in [0.25, 0.3) is 0 Å². The summed E-state index contributed by atoms with van der Waals surface area (Å²) in [5.74, 6) is -0.237. The lowest BCUT2D eigenvalue weighted by Gasteiger charge is -2.26. The van der Waals surface area contributed by atoms with Crippen LogP contribution in [0, 0.1) is 5.92 Å². The summed E-state index contributed by atoms with van der Waals surface area (Å²) >= 11 is 0. The molecule has 0 spiro atoms. The van der Waals surface area contributed by atoms with E-state index in [4.69, 9.17) is 10.8 Å². The Bertz CT molecular complexity index is 400. The number of hydrogen-bond donors (Lipinski definition) is 3. The molecule has 0 aliphatic heterocycles. The average molecular weight is 220 g/mol. The Morgan fingerprint density at radius 2 is 2.25 bits per heavy atom. The fourth-order valence-electron chi connectivity index (χ4n) is 1.85. The van der Waals surface area contributed by atoms with Crippen molar-refractivity contribution in [1.82, 2.24) is 0 Å². The molecule has 0 heterocycles. The maximum atomic E-state index is 11.0. The second-order valence-electron chi connectivity index (χ2n) is 4.29. The predicted molar refractivity (Wildman–Crippen MR) is 63.6 cm³/mol. The van der Waals surface area contributed by atoms with Crippen LogP contribution in [-0.4, -0.2) is 17.6 Å². The summed E-state index contributed by atoms with van der Waals surface area (Å²) in [7, 11) is 0. The minimum absolute atomic E-state index is 0.286. The number of carbonyl (C=O) groups is 1. The molecule has 0 amide bonds. The zero-order valence-electron chi connectivity index (χ0n) is 9.07. The molecule has 0 unspecified atom stereocenters. The van der Waals surface area contributed by atoms with Gasteiger partial charge in [-0.05, 0) is 37.0 Å². The molecule has 86 valence electrons. The van der Waals surface area contributed by atoms with E-state index in [9.17, 15) is 4.79 Å². The van der Waals surface area contributed by atoms with Gasteiger partial charge in [-0.25, -0.2) is 4.79 Å². The van der Waals surface area contributed by atoms with Crippen LogP contribution in [0.25, 0.3) is 0 Å². The van der Waals surface area contributed by atoms with Crippen molar-refractivity contribution in [1.29, 1.82) is 0 Å². The van der Waals surface area contributed by atoms with Gasteiger partial charge in [0.05, 0.1) is 11.3 Å². The minimum atomic E-state index is -0.920. The molecule has 0 radical (unpaired) electrons. The van der Waals surface area contributed by atoms with Crippen molar-refractivity contribution in [3.05, 3.63) is 23.8 Å². The smallest absolute Gasteiger partial charge is 0.337 e. The molecule has 1 aromatic carbocycles. The minimum Gasteiger partial charge on any atom is -0.478 e. The topological polar surface area (TPSA) is 75.4 Å². The molecule has 0 saturated heterocycles. The maximum absolute atomic E-state index is 11.0. The van der Waals surface area contributed by atoms with Crippen molar-refractivity contribution in [3.8, 4) is 0 Å². The molecule has 1 aliphatic rings. The third-order valence-corrected chi connectivity index (χ3v) is 3.08. The van der Waals surface area contributed by atoms with Gasteiger partial charge in [-0.3, -0.25) is 0 Å². The van der Waals surface area contributed by atoms with E-state index in [-0.39, 0.29) is 5.56 Å². The number of anilines is 2. The van der Waals surface area contributed by atoms with Crippen molar-refractivity contribution in [3.63, 3.8) is 0 Å².